The third kappa shape index (κ3) is 3.71. The molecule has 1 saturated heterocycles. The number of hydrogen-bond donors (Lipinski definition) is 1. The maximum absolute atomic E-state index is 12.2. The minimum absolute atomic E-state index is 0.0753. The second kappa shape index (κ2) is 6.84. The molecule has 5 heteroatoms. The highest BCUT2D eigenvalue weighted by Crippen LogP contribution is 2.25. The van der Waals surface area contributed by atoms with Crippen LogP contribution in [-0.4, -0.2) is 24.9 Å². The van der Waals surface area contributed by atoms with E-state index in [2.05, 4.69) is 5.32 Å². The van der Waals surface area contributed by atoms with Gasteiger partial charge in [-0.2, -0.15) is 0 Å². The summed E-state index contributed by atoms with van der Waals surface area (Å²) < 4.78 is 0. The fourth-order valence-electron chi connectivity index (χ4n) is 2.72. The average Bonchev–Trinajstić information content (AvgIpc) is 2.95. The molecule has 4 nitrogen and oxygen atoms in total. The number of nitrogens with one attached hydrogen (secondary N) is 1. The van der Waals surface area contributed by atoms with Crippen LogP contribution >= 0.6 is 11.6 Å². The third-order valence-electron chi connectivity index (χ3n) is 3.93. The molecule has 0 aromatic heterocycles. The van der Waals surface area contributed by atoms with Crippen LogP contribution in [-0.2, 0) is 4.79 Å². The van der Waals surface area contributed by atoms with Crippen LogP contribution < -0.4 is 10.2 Å². The number of nitrogens with zero attached hydrogens (tertiary/aromatic N) is 1. The second-order valence-corrected chi connectivity index (χ2v) is 6.06. The van der Waals surface area contributed by atoms with Crippen molar-refractivity contribution < 1.29 is 9.59 Å². The molecule has 1 heterocycles. The number of benzene rings is 2. The SMILES string of the molecule is O=C(NCC1CC(=O)N(c2ccc(Cl)cc2)C1)c1ccccc1. The molecule has 1 atom stereocenters. The summed E-state index contributed by atoms with van der Waals surface area (Å²) in [5.41, 5.74) is 1.47. The van der Waals surface area contributed by atoms with Gasteiger partial charge in [-0.1, -0.05) is 29.8 Å². The van der Waals surface area contributed by atoms with Gasteiger partial charge in [-0.25, -0.2) is 0 Å². The molecule has 1 N–H and O–H groups in total. The predicted octanol–water partition coefficient (Wildman–Crippen LogP) is 3.12. The Kier molecular flexibility index (Phi) is 4.63. The lowest BCUT2D eigenvalue weighted by Gasteiger charge is -2.17. The van der Waals surface area contributed by atoms with Crippen molar-refractivity contribution in [2.45, 2.75) is 6.42 Å². The Morgan fingerprint density at radius 3 is 2.52 bits per heavy atom. The quantitative estimate of drug-likeness (QED) is 0.937. The summed E-state index contributed by atoms with van der Waals surface area (Å²) in [6.45, 7) is 1.10. The lowest BCUT2D eigenvalue weighted by atomic mass is 10.1. The maximum atomic E-state index is 12.2. The van der Waals surface area contributed by atoms with Gasteiger partial charge in [0, 0.05) is 41.7 Å². The van der Waals surface area contributed by atoms with E-state index in [1.54, 1.807) is 29.2 Å². The van der Waals surface area contributed by atoms with Gasteiger partial charge < -0.3 is 10.2 Å². The highest BCUT2D eigenvalue weighted by atomic mass is 35.5. The van der Waals surface area contributed by atoms with E-state index in [-0.39, 0.29) is 17.7 Å². The Balaban J connectivity index is 1.58. The summed E-state index contributed by atoms with van der Waals surface area (Å²) in [5, 5.41) is 3.55. The number of halogens is 1. The third-order valence-corrected chi connectivity index (χ3v) is 4.18. The van der Waals surface area contributed by atoms with Crippen LogP contribution in [0.1, 0.15) is 16.8 Å². The Labute approximate surface area is 140 Å². The number of carbonyl (C=O) groups is 2. The van der Waals surface area contributed by atoms with E-state index >= 15 is 0 Å². The van der Waals surface area contributed by atoms with Crippen molar-refractivity contribution in [3.05, 3.63) is 65.2 Å². The molecule has 0 saturated carbocycles. The Morgan fingerprint density at radius 1 is 1.13 bits per heavy atom. The first-order chi connectivity index (χ1) is 11.1. The number of rotatable bonds is 4. The topological polar surface area (TPSA) is 49.4 Å². The fourth-order valence-corrected chi connectivity index (χ4v) is 2.84. The van der Waals surface area contributed by atoms with Crippen molar-refractivity contribution in [3.8, 4) is 0 Å². The van der Waals surface area contributed by atoms with E-state index in [4.69, 9.17) is 11.6 Å². The molecule has 1 aliphatic rings. The fraction of sp³-hybridized carbons (Fsp3) is 0.222. The molecule has 1 unspecified atom stereocenters. The molecule has 0 spiro atoms. The van der Waals surface area contributed by atoms with Crippen LogP contribution in [0.3, 0.4) is 0 Å². The van der Waals surface area contributed by atoms with E-state index < -0.39 is 0 Å². The van der Waals surface area contributed by atoms with E-state index in [1.165, 1.54) is 0 Å². The van der Waals surface area contributed by atoms with Gasteiger partial charge in [0.1, 0.15) is 0 Å². The van der Waals surface area contributed by atoms with Gasteiger partial charge in [-0.05, 0) is 36.4 Å². The van der Waals surface area contributed by atoms with Crippen LogP contribution in [0.2, 0.25) is 5.02 Å². The predicted molar refractivity (Wildman–Crippen MR) is 90.7 cm³/mol. The van der Waals surface area contributed by atoms with Crippen LogP contribution in [0.5, 0.6) is 0 Å². The molecule has 3 rings (SSSR count). The van der Waals surface area contributed by atoms with Crippen LogP contribution in [0.25, 0.3) is 0 Å². The van der Waals surface area contributed by atoms with Crippen molar-refractivity contribution >= 4 is 29.1 Å². The molecule has 2 amide bonds. The van der Waals surface area contributed by atoms with Crippen LogP contribution in [0.4, 0.5) is 5.69 Å². The molecule has 23 heavy (non-hydrogen) atoms. The minimum atomic E-state index is -0.108. The zero-order valence-corrected chi connectivity index (χ0v) is 13.3. The standard InChI is InChI=1S/C18H17ClN2O2/c19-15-6-8-16(9-7-15)21-12-13(10-17(21)22)11-20-18(23)14-4-2-1-3-5-14/h1-9,13H,10-12H2,(H,20,23). The van der Waals surface area contributed by atoms with Crippen LogP contribution in [0, 0.1) is 5.92 Å². The molecular formula is C18H17ClN2O2. The minimum Gasteiger partial charge on any atom is -0.352 e. The lowest BCUT2D eigenvalue weighted by molar-refractivity contribution is -0.117. The number of hydrogen-bond acceptors (Lipinski definition) is 2. The summed E-state index contributed by atoms with van der Waals surface area (Å²) in [7, 11) is 0. The molecule has 0 radical (unpaired) electrons. The zero-order valence-electron chi connectivity index (χ0n) is 12.5. The highest BCUT2D eigenvalue weighted by Gasteiger charge is 2.30. The summed E-state index contributed by atoms with van der Waals surface area (Å²) >= 11 is 5.88. The second-order valence-electron chi connectivity index (χ2n) is 5.63. The molecule has 0 aliphatic carbocycles. The summed E-state index contributed by atoms with van der Waals surface area (Å²) in [6.07, 6.45) is 0.442. The van der Waals surface area contributed by atoms with Crippen molar-refractivity contribution in [3.63, 3.8) is 0 Å². The summed E-state index contributed by atoms with van der Waals surface area (Å²) in [4.78, 5) is 26.0. The van der Waals surface area contributed by atoms with Gasteiger partial charge in [0.25, 0.3) is 5.91 Å². The molecule has 1 fully saturated rings. The van der Waals surface area contributed by atoms with E-state index in [9.17, 15) is 9.59 Å². The smallest absolute Gasteiger partial charge is 0.251 e. The van der Waals surface area contributed by atoms with Gasteiger partial charge in [0.15, 0.2) is 0 Å². The lowest BCUT2D eigenvalue weighted by Crippen LogP contribution is -2.31. The van der Waals surface area contributed by atoms with E-state index in [0.717, 1.165) is 5.69 Å². The Bertz CT molecular complexity index is 701. The van der Waals surface area contributed by atoms with Crippen molar-refractivity contribution in [2.24, 2.45) is 5.92 Å². The van der Waals surface area contributed by atoms with Crippen molar-refractivity contribution in [2.75, 3.05) is 18.0 Å². The van der Waals surface area contributed by atoms with Crippen LogP contribution in [0.15, 0.2) is 54.6 Å². The molecular weight excluding hydrogens is 312 g/mol. The normalized spacial score (nSPS) is 17.3. The summed E-state index contributed by atoms with van der Waals surface area (Å²) in [6, 6.07) is 16.3. The molecule has 2 aromatic rings. The molecule has 118 valence electrons. The summed E-state index contributed by atoms with van der Waals surface area (Å²) in [5.74, 6) is 0.0834. The van der Waals surface area contributed by atoms with Gasteiger partial charge in [-0.15, -0.1) is 0 Å². The first-order valence-corrected chi connectivity index (χ1v) is 7.90. The Morgan fingerprint density at radius 2 is 1.83 bits per heavy atom. The highest BCUT2D eigenvalue weighted by molar-refractivity contribution is 6.30. The Hall–Kier alpha value is -2.33. The van der Waals surface area contributed by atoms with Gasteiger partial charge >= 0.3 is 0 Å². The monoisotopic (exact) mass is 328 g/mol. The number of anilines is 1. The first-order valence-electron chi connectivity index (χ1n) is 7.52. The average molecular weight is 329 g/mol. The molecule has 1 aliphatic heterocycles. The number of amides is 2. The maximum Gasteiger partial charge on any atom is 0.251 e. The largest absolute Gasteiger partial charge is 0.352 e. The van der Waals surface area contributed by atoms with Gasteiger partial charge in [-0.3, -0.25) is 9.59 Å². The molecule has 0 bridgehead atoms. The first kappa shape index (κ1) is 15.6. The van der Waals surface area contributed by atoms with Crippen molar-refractivity contribution in [1.82, 2.24) is 5.32 Å². The van der Waals surface area contributed by atoms with Gasteiger partial charge in [0.05, 0.1) is 0 Å². The van der Waals surface area contributed by atoms with E-state index in [0.29, 0.717) is 30.1 Å². The van der Waals surface area contributed by atoms with Crippen molar-refractivity contribution in [1.29, 1.82) is 0 Å². The number of carbonyl (C=O) groups excluding carboxylic acids is 2. The van der Waals surface area contributed by atoms with E-state index in [1.807, 2.05) is 30.3 Å². The zero-order chi connectivity index (χ0) is 16.2. The van der Waals surface area contributed by atoms with Gasteiger partial charge in [0.2, 0.25) is 5.91 Å². The molecule has 2 aromatic carbocycles.